The van der Waals surface area contributed by atoms with E-state index in [2.05, 4.69) is 12.2 Å². The molecule has 0 aliphatic carbocycles. The van der Waals surface area contributed by atoms with Gasteiger partial charge in [-0.3, -0.25) is 0 Å². The van der Waals surface area contributed by atoms with E-state index in [-0.39, 0.29) is 6.03 Å². The molecule has 2 saturated heterocycles. The van der Waals surface area contributed by atoms with E-state index in [1.807, 2.05) is 9.80 Å². The molecule has 2 aliphatic heterocycles. The number of morpholine rings is 1. The Hall–Kier alpha value is -0.810. The largest absolute Gasteiger partial charge is 0.378 e. The van der Waals surface area contributed by atoms with Crippen LogP contribution >= 0.6 is 0 Å². The lowest BCUT2D eigenvalue weighted by Gasteiger charge is -2.41. The van der Waals surface area contributed by atoms with Gasteiger partial charge >= 0.3 is 6.03 Å². The first-order valence-electron chi connectivity index (χ1n) is 6.17. The van der Waals surface area contributed by atoms with Gasteiger partial charge in [0.2, 0.25) is 0 Å². The molecule has 2 heterocycles. The molecule has 0 aromatic heterocycles. The van der Waals surface area contributed by atoms with Crippen molar-refractivity contribution in [1.82, 2.24) is 15.1 Å². The number of hydrogen-bond donors (Lipinski definition) is 1. The van der Waals surface area contributed by atoms with Gasteiger partial charge in [-0.05, 0) is 6.42 Å². The van der Waals surface area contributed by atoms with Gasteiger partial charge in [-0.1, -0.05) is 6.92 Å². The quantitative estimate of drug-likeness (QED) is 0.745. The molecule has 0 spiro atoms. The molecular formula is C11H21N3O2. The van der Waals surface area contributed by atoms with Gasteiger partial charge in [0.1, 0.15) is 0 Å². The third-order valence-electron chi connectivity index (χ3n) is 3.19. The van der Waals surface area contributed by atoms with Crippen LogP contribution in [0.2, 0.25) is 0 Å². The molecule has 2 amide bonds. The second kappa shape index (κ2) is 5.50. The van der Waals surface area contributed by atoms with E-state index in [0.29, 0.717) is 19.3 Å². The zero-order valence-electron chi connectivity index (χ0n) is 9.95. The van der Waals surface area contributed by atoms with Crippen molar-refractivity contribution < 1.29 is 9.53 Å². The Balaban J connectivity index is 1.92. The lowest BCUT2D eigenvalue weighted by atomic mass is 10.1. The summed E-state index contributed by atoms with van der Waals surface area (Å²) in [5.41, 5.74) is 0. The maximum atomic E-state index is 12.3. The predicted molar refractivity (Wildman–Crippen MR) is 61.4 cm³/mol. The Morgan fingerprint density at radius 3 is 2.62 bits per heavy atom. The van der Waals surface area contributed by atoms with Gasteiger partial charge in [-0.2, -0.15) is 0 Å². The fraction of sp³-hybridized carbons (Fsp3) is 0.909. The summed E-state index contributed by atoms with van der Waals surface area (Å²) in [7, 11) is 0. The SMILES string of the molecule is CCCN(C(=O)N1CCOCC1)C1CNC1. The van der Waals surface area contributed by atoms with Crippen LogP contribution < -0.4 is 5.32 Å². The van der Waals surface area contributed by atoms with E-state index in [9.17, 15) is 4.79 Å². The van der Waals surface area contributed by atoms with Gasteiger partial charge in [-0.25, -0.2) is 4.79 Å². The fourth-order valence-corrected chi connectivity index (χ4v) is 2.11. The molecule has 5 heteroatoms. The molecule has 5 nitrogen and oxygen atoms in total. The van der Waals surface area contributed by atoms with E-state index in [1.54, 1.807) is 0 Å². The van der Waals surface area contributed by atoms with Crippen LogP contribution in [0.15, 0.2) is 0 Å². The van der Waals surface area contributed by atoms with E-state index in [1.165, 1.54) is 0 Å². The van der Waals surface area contributed by atoms with Crippen molar-refractivity contribution >= 4 is 6.03 Å². The van der Waals surface area contributed by atoms with Crippen LogP contribution in [0.1, 0.15) is 13.3 Å². The van der Waals surface area contributed by atoms with Crippen LogP contribution in [0, 0.1) is 0 Å². The molecule has 92 valence electrons. The van der Waals surface area contributed by atoms with Gasteiger partial charge < -0.3 is 19.9 Å². The predicted octanol–water partition coefficient (Wildman–Crippen LogP) is 0.122. The maximum absolute atomic E-state index is 12.3. The molecule has 0 radical (unpaired) electrons. The first-order valence-corrected chi connectivity index (χ1v) is 6.17. The van der Waals surface area contributed by atoms with Gasteiger partial charge in [0, 0.05) is 32.7 Å². The highest BCUT2D eigenvalue weighted by atomic mass is 16.5. The summed E-state index contributed by atoms with van der Waals surface area (Å²) in [5.74, 6) is 0. The number of rotatable bonds is 3. The van der Waals surface area contributed by atoms with Crippen molar-refractivity contribution in [1.29, 1.82) is 0 Å². The minimum absolute atomic E-state index is 0.191. The summed E-state index contributed by atoms with van der Waals surface area (Å²) in [6.45, 7) is 7.68. The highest BCUT2D eigenvalue weighted by molar-refractivity contribution is 5.75. The van der Waals surface area contributed by atoms with Gasteiger partial charge in [-0.15, -0.1) is 0 Å². The molecule has 1 N–H and O–H groups in total. The monoisotopic (exact) mass is 227 g/mol. The van der Waals surface area contributed by atoms with E-state index in [0.717, 1.165) is 39.1 Å². The number of carbonyl (C=O) groups is 1. The standard InChI is InChI=1S/C11H21N3O2/c1-2-3-14(10-8-12-9-10)11(15)13-4-6-16-7-5-13/h10,12H,2-9H2,1H3. The van der Waals surface area contributed by atoms with Gasteiger partial charge in [0.05, 0.1) is 19.3 Å². The molecule has 2 aliphatic rings. The third kappa shape index (κ3) is 2.47. The van der Waals surface area contributed by atoms with Crippen molar-refractivity contribution in [3.8, 4) is 0 Å². The minimum Gasteiger partial charge on any atom is -0.378 e. The van der Waals surface area contributed by atoms with Crippen LogP contribution in [0.5, 0.6) is 0 Å². The number of nitrogens with zero attached hydrogens (tertiary/aromatic N) is 2. The topological polar surface area (TPSA) is 44.8 Å². The maximum Gasteiger partial charge on any atom is 0.320 e. The summed E-state index contributed by atoms with van der Waals surface area (Å²) in [4.78, 5) is 16.2. The second-order valence-electron chi connectivity index (χ2n) is 4.39. The van der Waals surface area contributed by atoms with Crippen molar-refractivity contribution in [3.63, 3.8) is 0 Å². The zero-order valence-corrected chi connectivity index (χ0v) is 9.95. The summed E-state index contributed by atoms with van der Waals surface area (Å²) >= 11 is 0. The normalized spacial score (nSPS) is 21.7. The molecule has 16 heavy (non-hydrogen) atoms. The zero-order chi connectivity index (χ0) is 11.4. The van der Waals surface area contributed by atoms with Crippen LogP contribution in [-0.2, 0) is 4.74 Å². The van der Waals surface area contributed by atoms with E-state index < -0.39 is 0 Å². The summed E-state index contributed by atoms with van der Waals surface area (Å²) in [5, 5.41) is 3.22. The molecule has 0 saturated carbocycles. The number of nitrogens with one attached hydrogen (secondary N) is 1. The third-order valence-corrected chi connectivity index (χ3v) is 3.19. The van der Waals surface area contributed by atoms with Crippen LogP contribution in [0.4, 0.5) is 4.79 Å². The van der Waals surface area contributed by atoms with Crippen molar-refractivity contribution in [2.24, 2.45) is 0 Å². The van der Waals surface area contributed by atoms with E-state index in [4.69, 9.17) is 4.74 Å². The first-order chi connectivity index (χ1) is 7.83. The van der Waals surface area contributed by atoms with Gasteiger partial charge in [0.25, 0.3) is 0 Å². The molecular weight excluding hydrogens is 206 g/mol. The van der Waals surface area contributed by atoms with Crippen LogP contribution in [0.3, 0.4) is 0 Å². The molecule has 0 unspecified atom stereocenters. The van der Waals surface area contributed by atoms with Crippen molar-refractivity contribution in [2.45, 2.75) is 19.4 Å². The summed E-state index contributed by atoms with van der Waals surface area (Å²) in [6, 6.07) is 0.590. The minimum atomic E-state index is 0.191. The Morgan fingerprint density at radius 2 is 2.12 bits per heavy atom. The van der Waals surface area contributed by atoms with Crippen LogP contribution in [-0.4, -0.2) is 67.8 Å². The molecule has 0 bridgehead atoms. The Labute approximate surface area is 96.7 Å². The Bertz CT molecular complexity index is 237. The van der Waals surface area contributed by atoms with Crippen molar-refractivity contribution in [3.05, 3.63) is 0 Å². The molecule has 2 fully saturated rings. The lowest BCUT2D eigenvalue weighted by molar-refractivity contribution is 0.0359. The van der Waals surface area contributed by atoms with Crippen LogP contribution in [0.25, 0.3) is 0 Å². The molecule has 0 aromatic carbocycles. The van der Waals surface area contributed by atoms with E-state index >= 15 is 0 Å². The number of ether oxygens (including phenoxy) is 1. The Morgan fingerprint density at radius 1 is 1.44 bits per heavy atom. The number of hydrogen-bond acceptors (Lipinski definition) is 3. The molecule has 0 atom stereocenters. The summed E-state index contributed by atoms with van der Waals surface area (Å²) < 4.78 is 5.27. The Kier molecular flexibility index (Phi) is 4.01. The summed E-state index contributed by atoms with van der Waals surface area (Å²) in [6.07, 6.45) is 1.02. The smallest absolute Gasteiger partial charge is 0.320 e. The lowest BCUT2D eigenvalue weighted by Crippen LogP contribution is -2.62. The molecule has 2 rings (SSSR count). The second-order valence-corrected chi connectivity index (χ2v) is 4.39. The number of urea groups is 1. The number of amides is 2. The fourth-order valence-electron chi connectivity index (χ4n) is 2.11. The highest BCUT2D eigenvalue weighted by Gasteiger charge is 2.31. The average Bonchev–Trinajstić information content (AvgIpc) is 2.26. The van der Waals surface area contributed by atoms with Crippen molar-refractivity contribution in [2.75, 3.05) is 45.9 Å². The average molecular weight is 227 g/mol. The highest BCUT2D eigenvalue weighted by Crippen LogP contribution is 2.11. The number of carbonyl (C=O) groups excluding carboxylic acids is 1. The first kappa shape index (κ1) is 11.7. The molecule has 0 aromatic rings. The van der Waals surface area contributed by atoms with Gasteiger partial charge in [0.15, 0.2) is 0 Å².